The first-order valence-corrected chi connectivity index (χ1v) is 8.88. The van der Waals surface area contributed by atoms with Crippen LogP contribution < -0.4 is 11.1 Å². The van der Waals surface area contributed by atoms with Gasteiger partial charge in [-0.05, 0) is 75.1 Å². The largest absolute Gasteiger partial charge is 0.382 e. The van der Waals surface area contributed by atoms with Gasteiger partial charge < -0.3 is 11.1 Å². The molecule has 2 fully saturated rings. The molecule has 24 heavy (non-hydrogen) atoms. The zero-order valence-corrected chi connectivity index (χ0v) is 14.5. The second-order valence-electron chi connectivity index (χ2n) is 7.67. The zero-order valence-electron chi connectivity index (χ0n) is 14.5. The van der Waals surface area contributed by atoms with E-state index >= 15 is 0 Å². The number of nitrogens with zero attached hydrogens (tertiary/aromatic N) is 4. The second kappa shape index (κ2) is 5.84. The monoisotopic (exact) mass is 326 g/mol. The molecular formula is C18H26N6. The topological polar surface area (TPSA) is 81.7 Å². The van der Waals surface area contributed by atoms with Crippen molar-refractivity contribution in [2.75, 3.05) is 18.8 Å². The highest BCUT2D eigenvalue weighted by molar-refractivity contribution is 5.62. The lowest BCUT2D eigenvalue weighted by molar-refractivity contribution is 0.0221. The molecule has 1 aliphatic heterocycles. The van der Waals surface area contributed by atoms with Crippen LogP contribution in [0, 0.1) is 18.3 Å². The highest BCUT2D eigenvalue weighted by atomic mass is 15.3. The highest BCUT2D eigenvalue weighted by Gasteiger charge is 2.44. The molecule has 0 aromatic carbocycles. The Morgan fingerprint density at radius 3 is 2.71 bits per heavy atom. The summed E-state index contributed by atoms with van der Waals surface area (Å²) in [4.78, 5) is 0. The molecule has 1 spiro atoms. The number of aryl methyl sites for hydroxylation is 2. The van der Waals surface area contributed by atoms with Gasteiger partial charge in [-0.1, -0.05) is 0 Å². The summed E-state index contributed by atoms with van der Waals surface area (Å²) in [7, 11) is 1.93. The molecule has 6 heteroatoms. The number of rotatable bonds is 3. The fraction of sp³-hybridized carbons (Fsp3) is 0.611. The Morgan fingerprint density at radius 1 is 1.29 bits per heavy atom. The number of nitrogens with one attached hydrogen (secondary N) is 1. The van der Waals surface area contributed by atoms with E-state index in [-0.39, 0.29) is 0 Å². The minimum atomic E-state index is 0.576. The summed E-state index contributed by atoms with van der Waals surface area (Å²) in [5.74, 6) is 1.31. The van der Waals surface area contributed by atoms with E-state index in [1.54, 1.807) is 0 Å². The maximum Gasteiger partial charge on any atom is 0.149 e. The van der Waals surface area contributed by atoms with E-state index in [0.29, 0.717) is 11.2 Å². The van der Waals surface area contributed by atoms with Crippen LogP contribution in [0.4, 0.5) is 5.82 Å². The van der Waals surface area contributed by atoms with Gasteiger partial charge in [0.1, 0.15) is 5.82 Å². The number of anilines is 1. The van der Waals surface area contributed by atoms with E-state index in [1.165, 1.54) is 38.8 Å². The predicted molar refractivity (Wildman–Crippen MR) is 94.3 cm³/mol. The third kappa shape index (κ3) is 2.79. The van der Waals surface area contributed by atoms with Crippen LogP contribution in [0.15, 0.2) is 12.3 Å². The Morgan fingerprint density at radius 2 is 2.04 bits per heavy atom. The van der Waals surface area contributed by atoms with Crippen LogP contribution in [0.2, 0.25) is 0 Å². The first-order chi connectivity index (χ1) is 11.5. The van der Waals surface area contributed by atoms with E-state index in [1.807, 2.05) is 24.9 Å². The van der Waals surface area contributed by atoms with Crippen molar-refractivity contribution < 1.29 is 0 Å². The average molecular weight is 326 g/mol. The average Bonchev–Trinajstić information content (AvgIpc) is 2.87. The molecule has 6 nitrogen and oxygen atoms in total. The Labute approximate surface area is 142 Å². The first kappa shape index (κ1) is 15.6. The van der Waals surface area contributed by atoms with Gasteiger partial charge in [-0.3, -0.25) is 4.68 Å². The number of piperidine rings is 1. The summed E-state index contributed by atoms with van der Waals surface area (Å²) in [5.41, 5.74) is 10.7. The molecule has 0 radical (unpaired) electrons. The van der Waals surface area contributed by atoms with Crippen molar-refractivity contribution in [1.29, 1.82) is 0 Å². The molecule has 1 saturated heterocycles. The highest BCUT2D eigenvalue weighted by Crippen LogP contribution is 2.52. The Balaban J connectivity index is 1.50. The summed E-state index contributed by atoms with van der Waals surface area (Å²) in [6.07, 6.45) is 8.33. The minimum absolute atomic E-state index is 0.576. The lowest BCUT2D eigenvalue weighted by Crippen LogP contribution is -2.46. The van der Waals surface area contributed by atoms with Crippen LogP contribution in [0.25, 0.3) is 11.3 Å². The fourth-order valence-electron chi connectivity index (χ4n) is 4.57. The number of hydrogen-bond acceptors (Lipinski definition) is 5. The lowest BCUT2D eigenvalue weighted by atomic mass is 9.56. The Bertz CT molecular complexity index is 736. The van der Waals surface area contributed by atoms with Gasteiger partial charge in [0, 0.05) is 18.8 Å². The molecule has 3 N–H and O–H groups in total. The van der Waals surface area contributed by atoms with Crippen molar-refractivity contribution >= 4 is 5.82 Å². The number of nitrogens with two attached hydrogens (primary N) is 1. The SMILES string of the molecule is Cc1nn(C)cc1-c1cc(CC2CC3(CCNCC3)C2)c(N)nn1. The maximum atomic E-state index is 6.10. The van der Waals surface area contributed by atoms with Crippen molar-refractivity contribution in [2.45, 2.75) is 39.0 Å². The molecule has 0 unspecified atom stereocenters. The van der Waals surface area contributed by atoms with Crippen molar-refractivity contribution in [3.63, 3.8) is 0 Å². The van der Waals surface area contributed by atoms with Gasteiger partial charge >= 0.3 is 0 Å². The smallest absolute Gasteiger partial charge is 0.149 e. The van der Waals surface area contributed by atoms with Gasteiger partial charge in [0.05, 0.1) is 11.4 Å². The molecule has 0 amide bonds. The van der Waals surface area contributed by atoms with E-state index in [4.69, 9.17) is 5.73 Å². The molecule has 0 atom stereocenters. The molecule has 2 aromatic rings. The molecule has 128 valence electrons. The molecule has 0 bridgehead atoms. The standard InChI is InChI=1S/C18H26N6/c1-12-15(11-24(2)23-12)16-8-14(17(19)22-21-16)7-13-9-18(10-13)3-5-20-6-4-18/h8,11,13,20H,3-7,9-10H2,1-2H3,(H2,19,22). The lowest BCUT2D eigenvalue weighted by Gasteiger charge is -2.50. The van der Waals surface area contributed by atoms with Gasteiger partial charge in [0.25, 0.3) is 0 Å². The first-order valence-electron chi connectivity index (χ1n) is 8.88. The van der Waals surface area contributed by atoms with E-state index in [9.17, 15) is 0 Å². The molecule has 2 aromatic heterocycles. The van der Waals surface area contributed by atoms with Gasteiger partial charge in [0.2, 0.25) is 0 Å². The summed E-state index contributed by atoms with van der Waals surface area (Å²) in [5, 5.41) is 16.3. The van der Waals surface area contributed by atoms with Gasteiger partial charge in [-0.2, -0.15) is 5.10 Å². The van der Waals surface area contributed by atoms with Gasteiger partial charge in [-0.25, -0.2) is 0 Å². The Hall–Kier alpha value is -1.95. The molecule has 1 aliphatic carbocycles. The van der Waals surface area contributed by atoms with Crippen molar-refractivity contribution in [3.8, 4) is 11.3 Å². The molecule has 2 aliphatic rings. The Kier molecular flexibility index (Phi) is 3.79. The second-order valence-corrected chi connectivity index (χ2v) is 7.67. The van der Waals surface area contributed by atoms with Crippen molar-refractivity contribution in [2.24, 2.45) is 18.4 Å². The van der Waals surface area contributed by atoms with Crippen LogP contribution >= 0.6 is 0 Å². The summed E-state index contributed by atoms with van der Waals surface area (Å²) < 4.78 is 1.81. The predicted octanol–water partition coefficient (Wildman–Crippen LogP) is 2.09. The molecule has 3 heterocycles. The summed E-state index contributed by atoms with van der Waals surface area (Å²) >= 11 is 0. The summed E-state index contributed by atoms with van der Waals surface area (Å²) in [6, 6.07) is 2.11. The molecule has 4 rings (SSSR count). The van der Waals surface area contributed by atoms with E-state index in [2.05, 4.69) is 26.7 Å². The van der Waals surface area contributed by atoms with Crippen LogP contribution in [0.3, 0.4) is 0 Å². The fourth-order valence-corrected chi connectivity index (χ4v) is 4.57. The van der Waals surface area contributed by atoms with E-state index in [0.717, 1.165) is 34.9 Å². The molecule has 1 saturated carbocycles. The maximum absolute atomic E-state index is 6.10. The van der Waals surface area contributed by atoms with Crippen LogP contribution in [0.1, 0.15) is 36.9 Å². The van der Waals surface area contributed by atoms with Gasteiger partial charge in [-0.15, -0.1) is 10.2 Å². The van der Waals surface area contributed by atoms with Crippen molar-refractivity contribution in [1.82, 2.24) is 25.3 Å². The number of hydrogen-bond donors (Lipinski definition) is 2. The number of aromatic nitrogens is 4. The normalized spacial score (nSPS) is 20.2. The van der Waals surface area contributed by atoms with E-state index < -0.39 is 0 Å². The number of nitrogen functional groups attached to an aromatic ring is 1. The third-order valence-corrected chi connectivity index (χ3v) is 5.81. The van der Waals surface area contributed by atoms with Crippen LogP contribution in [0.5, 0.6) is 0 Å². The summed E-state index contributed by atoms with van der Waals surface area (Å²) in [6.45, 7) is 4.35. The van der Waals surface area contributed by atoms with Crippen molar-refractivity contribution in [3.05, 3.63) is 23.5 Å². The minimum Gasteiger partial charge on any atom is -0.382 e. The quantitative estimate of drug-likeness (QED) is 0.902. The van der Waals surface area contributed by atoms with Crippen LogP contribution in [-0.4, -0.2) is 33.1 Å². The molecular weight excluding hydrogens is 300 g/mol. The third-order valence-electron chi connectivity index (χ3n) is 5.81. The zero-order chi connectivity index (χ0) is 16.7. The van der Waals surface area contributed by atoms with Gasteiger partial charge in [0.15, 0.2) is 0 Å². The van der Waals surface area contributed by atoms with Crippen LogP contribution in [-0.2, 0) is 13.5 Å².